The topological polar surface area (TPSA) is 55.4 Å². The molecule has 4 nitrogen and oxygen atoms in total. The van der Waals surface area contributed by atoms with Gasteiger partial charge >= 0.3 is 0 Å². The monoisotopic (exact) mass is 297 g/mol. The Hall–Kier alpha value is -2.46. The van der Waals surface area contributed by atoms with Crippen LogP contribution < -0.4 is 5.32 Å². The van der Waals surface area contributed by atoms with E-state index in [4.69, 9.17) is 4.74 Å². The summed E-state index contributed by atoms with van der Waals surface area (Å²) in [6.07, 6.45) is 0. The molecule has 0 aromatic heterocycles. The highest BCUT2D eigenvalue weighted by atomic mass is 16.5. The van der Waals surface area contributed by atoms with E-state index in [0.29, 0.717) is 23.3 Å². The summed E-state index contributed by atoms with van der Waals surface area (Å²) >= 11 is 0. The standard InChI is InChI=1S/C18H19NO3/c1-13(12-22-2)19-18(21)16-11-7-6-10-15(16)17(20)14-8-4-3-5-9-14/h3-11,13H,12H2,1-2H3,(H,19,21). The van der Waals surface area contributed by atoms with Gasteiger partial charge in [0.2, 0.25) is 0 Å². The van der Waals surface area contributed by atoms with Crippen LogP contribution in [0.25, 0.3) is 0 Å². The van der Waals surface area contributed by atoms with Gasteiger partial charge in [-0.3, -0.25) is 9.59 Å². The van der Waals surface area contributed by atoms with Crippen LogP contribution in [0.2, 0.25) is 0 Å². The maximum Gasteiger partial charge on any atom is 0.252 e. The van der Waals surface area contributed by atoms with Crippen molar-refractivity contribution in [2.45, 2.75) is 13.0 Å². The molecule has 1 atom stereocenters. The van der Waals surface area contributed by atoms with Gasteiger partial charge in [0.1, 0.15) is 0 Å². The number of benzene rings is 2. The molecule has 0 bridgehead atoms. The number of rotatable bonds is 6. The third kappa shape index (κ3) is 3.80. The summed E-state index contributed by atoms with van der Waals surface area (Å²) in [6.45, 7) is 2.27. The molecular formula is C18H19NO3. The molecule has 114 valence electrons. The quantitative estimate of drug-likeness (QED) is 0.834. The van der Waals surface area contributed by atoms with Crippen LogP contribution in [0.4, 0.5) is 0 Å². The second-order valence-electron chi connectivity index (χ2n) is 5.07. The second kappa shape index (κ2) is 7.52. The molecule has 1 N–H and O–H groups in total. The van der Waals surface area contributed by atoms with E-state index in [2.05, 4.69) is 5.32 Å². The van der Waals surface area contributed by atoms with Crippen LogP contribution >= 0.6 is 0 Å². The summed E-state index contributed by atoms with van der Waals surface area (Å²) in [5.41, 5.74) is 1.34. The Morgan fingerprint density at radius 2 is 1.59 bits per heavy atom. The lowest BCUT2D eigenvalue weighted by molar-refractivity contribution is 0.0898. The predicted octanol–water partition coefficient (Wildman–Crippen LogP) is 2.68. The number of ketones is 1. The largest absolute Gasteiger partial charge is 0.383 e. The van der Waals surface area contributed by atoms with E-state index >= 15 is 0 Å². The van der Waals surface area contributed by atoms with E-state index in [9.17, 15) is 9.59 Å². The molecule has 0 saturated heterocycles. The lowest BCUT2D eigenvalue weighted by Gasteiger charge is -2.14. The molecule has 2 rings (SSSR count). The number of hydrogen-bond donors (Lipinski definition) is 1. The zero-order chi connectivity index (χ0) is 15.9. The van der Waals surface area contributed by atoms with Crippen molar-refractivity contribution in [2.24, 2.45) is 0 Å². The lowest BCUT2D eigenvalue weighted by atomic mass is 9.98. The number of hydrogen-bond acceptors (Lipinski definition) is 3. The van der Waals surface area contributed by atoms with E-state index in [1.807, 2.05) is 13.0 Å². The third-order valence-corrected chi connectivity index (χ3v) is 3.25. The Morgan fingerprint density at radius 1 is 1.00 bits per heavy atom. The van der Waals surface area contributed by atoms with Crippen molar-refractivity contribution >= 4 is 11.7 Å². The van der Waals surface area contributed by atoms with Gasteiger partial charge in [-0.2, -0.15) is 0 Å². The van der Waals surface area contributed by atoms with Gasteiger partial charge in [0, 0.05) is 24.3 Å². The van der Waals surface area contributed by atoms with Crippen molar-refractivity contribution in [3.63, 3.8) is 0 Å². The zero-order valence-electron chi connectivity index (χ0n) is 12.7. The Balaban J connectivity index is 2.27. The van der Waals surface area contributed by atoms with Gasteiger partial charge < -0.3 is 10.1 Å². The number of amides is 1. The highest BCUT2D eigenvalue weighted by Crippen LogP contribution is 2.15. The van der Waals surface area contributed by atoms with Gasteiger partial charge in [-0.15, -0.1) is 0 Å². The maximum atomic E-state index is 12.6. The second-order valence-corrected chi connectivity index (χ2v) is 5.07. The Kier molecular flexibility index (Phi) is 5.44. The molecule has 0 aliphatic heterocycles. The predicted molar refractivity (Wildman–Crippen MR) is 85.1 cm³/mol. The van der Waals surface area contributed by atoms with Crippen LogP contribution in [-0.2, 0) is 4.74 Å². The first-order valence-corrected chi connectivity index (χ1v) is 7.12. The molecule has 2 aromatic carbocycles. The number of nitrogens with one attached hydrogen (secondary N) is 1. The molecule has 22 heavy (non-hydrogen) atoms. The van der Waals surface area contributed by atoms with Gasteiger partial charge in [-0.05, 0) is 13.0 Å². The van der Waals surface area contributed by atoms with E-state index in [1.165, 1.54) is 0 Å². The minimum Gasteiger partial charge on any atom is -0.383 e. The number of carbonyl (C=O) groups is 2. The highest BCUT2D eigenvalue weighted by Gasteiger charge is 2.18. The summed E-state index contributed by atoms with van der Waals surface area (Å²) in [6, 6.07) is 15.6. The fraction of sp³-hybridized carbons (Fsp3) is 0.222. The third-order valence-electron chi connectivity index (χ3n) is 3.25. The van der Waals surface area contributed by atoms with Gasteiger partial charge in [-0.25, -0.2) is 0 Å². The van der Waals surface area contributed by atoms with Crippen LogP contribution in [0.1, 0.15) is 33.2 Å². The first-order valence-electron chi connectivity index (χ1n) is 7.12. The van der Waals surface area contributed by atoms with E-state index in [-0.39, 0.29) is 17.7 Å². The number of carbonyl (C=O) groups excluding carboxylic acids is 2. The van der Waals surface area contributed by atoms with Gasteiger partial charge in [0.05, 0.1) is 12.2 Å². The fourth-order valence-electron chi connectivity index (χ4n) is 2.22. The van der Waals surface area contributed by atoms with Crippen LogP contribution in [0.3, 0.4) is 0 Å². The SMILES string of the molecule is COCC(C)NC(=O)c1ccccc1C(=O)c1ccccc1. The van der Waals surface area contributed by atoms with Crippen molar-refractivity contribution in [3.8, 4) is 0 Å². The average molecular weight is 297 g/mol. The van der Waals surface area contributed by atoms with E-state index < -0.39 is 0 Å². The molecular weight excluding hydrogens is 278 g/mol. The Morgan fingerprint density at radius 3 is 2.23 bits per heavy atom. The van der Waals surface area contributed by atoms with Crippen LogP contribution in [0.5, 0.6) is 0 Å². The van der Waals surface area contributed by atoms with Crippen molar-refractivity contribution < 1.29 is 14.3 Å². The summed E-state index contributed by atoms with van der Waals surface area (Å²) in [5, 5.41) is 2.83. The molecule has 1 amide bonds. The molecule has 0 saturated carbocycles. The molecule has 0 radical (unpaired) electrons. The van der Waals surface area contributed by atoms with E-state index in [1.54, 1.807) is 55.6 Å². The molecule has 1 unspecified atom stereocenters. The zero-order valence-corrected chi connectivity index (χ0v) is 12.7. The van der Waals surface area contributed by atoms with Crippen molar-refractivity contribution in [3.05, 3.63) is 71.3 Å². The molecule has 2 aromatic rings. The van der Waals surface area contributed by atoms with Gasteiger partial charge in [0.15, 0.2) is 5.78 Å². The van der Waals surface area contributed by atoms with Gasteiger partial charge in [0.25, 0.3) is 5.91 Å². The normalized spacial score (nSPS) is 11.7. The van der Waals surface area contributed by atoms with Crippen molar-refractivity contribution in [1.82, 2.24) is 5.32 Å². The van der Waals surface area contributed by atoms with Crippen LogP contribution in [-0.4, -0.2) is 31.4 Å². The smallest absolute Gasteiger partial charge is 0.252 e. The number of methoxy groups -OCH3 is 1. The van der Waals surface area contributed by atoms with Crippen molar-refractivity contribution in [2.75, 3.05) is 13.7 Å². The molecule has 0 aliphatic rings. The van der Waals surface area contributed by atoms with Crippen LogP contribution in [0, 0.1) is 0 Å². The summed E-state index contributed by atoms with van der Waals surface area (Å²) in [4.78, 5) is 24.9. The molecule has 0 fully saturated rings. The fourth-order valence-corrected chi connectivity index (χ4v) is 2.22. The maximum absolute atomic E-state index is 12.6. The molecule has 0 spiro atoms. The first kappa shape index (κ1) is 15.9. The molecule has 0 aliphatic carbocycles. The van der Waals surface area contributed by atoms with E-state index in [0.717, 1.165) is 0 Å². The minimum atomic E-state index is -0.274. The molecule has 4 heteroatoms. The minimum absolute atomic E-state index is 0.127. The summed E-state index contributed by atoms with van der Waals surface area (Å²) in [5.74, 6) is -0.435. The first-order chi connectivity index (χ1) is 10.6. The summed E-state index contributed by atoms with van der Waals surface area (Å²) < 4.78 is 5.01. The van der Waals surface area contributed by atoms with Gasteiger partial charge in [-0.1, -0.05) is 48.5 Å². The summed E-state index contributed by atoms with van der Waals surface area (Å²) in [7, 11) is 1.58. The number of ether oxygens (including phenoxy) is 1. The Labute approximate surface area is 130 Å². The van der Waals surface area contributed by atoms with Crippen molar-refractivity contribution in [1.29, 1.82) is 0 Å². The average Bonchev–Trinajstić information content (AvgIpc) is 2.55. The Bertz CT molecular complexity index is 652. The lowest BCUT2D eigenvalue weighted by Crippen LogP contribution is -2.36. The highest BCUT2D eigenvalue weighted by molar-refractivity contribution is 6.15. The molecule has 0 heterocycles. The van der Waals surface area contributed by atoms with Crippen LogP contribution in [0.15, 0.2) is 54.6 Å².